The summed E-state index contributed by atoms with van der Waals surface area (Å²) in [4.78, 5) is 16.8. The fraction of sp³-hybridized carbons (Fsp3) is 0.526. The molecule has 1 aromatic carbocycles. The van der Waals surface area contributed by atoms with E-state index in [-0.39, 0.29) is 11.9 Å². The van der Waals surface area contributed by atoms with Gasteiger partial charge in [0.25, 0.3) is 0 Å². The van der Waals surface area contributed by atoms with Crippen molar-refractivity contribution in [2.24, 2.45) is 0 Å². The number of hydrogen-bond donors (Lipinski definition) is 0. The molecule has 2 fully saturated rings. The molecular weight excluding hydrogens is 329 g/mol. The average molecular weight is 352 g/mol. The first kappa shape index (κ1) is 18.0. The zero-order chi connectivity index (χ0) is 17.9. The van der Waals surface area contributed by atoms with Gasteiger partial charge in [-0.15, -0.1) is 0 Å². The molecular formula is C19H23F3N2O. The normalized spacial score (nSPS) is 22.2. The summed E-state index contributed by atoms with van der Waals surface area (Å²) in [6.45, 7) is 3.91. The van der Waals surface area contributed by atoms with E-state index in [1.165, 1.54) is 31.1 Å². The van der Waals surface area contributed by atoms with Crippen LogP contribution in [0, 0.1) is 0 Å². The topological polar surface area (TPSA) is 23.6 Å². The minimum atomic E-state index is -4.34. The molecule has 2 aliphatic rings. The predicted molar refractivity (Wildman–Crippen MR) is 90.9 cm³/mol. The number of nitrogens with zero attached hydrogens (tertiary/aromatic N) is 2. The van der Waals surface area contributed by atoms with Crippen LogP contribution in [0.5, 0.6) is 0 Å². The van der Waals surface area contributed by atoms with Crippen molar-refractivity contribution in [3.8, 4) is 0 Å². The van der Waals surface area contributed by atoms with Crippen LogP contribution in [-0.2, 0) is 11.0 Å². The molecule has 2 aliphatic heterocycles. The van der Waals surface area contributed by atoms with Gasteiger partial charge >= 0.3 is 6.18 Å². The van der Waals surface area contributed by atoms with Gasteiger partial charge in [0.05, 0.1) is 5.56 Å². The molecule has 2 saturated heterocycles. The van der Waals surface area contributed by atoms with Crippen LogP contribution in [0.3, 0.4) is 0 Å². The highest BCUT2D eigenvalue weighted by Gasteiger charge is 2.30. The van der Waals surface area contributed by atoms with Crippen LogP contribution in [0.4, 0.5) is 13.2 Å². The number of carbonyl (C=O) groups is 1. The highest BCUT2D eigenvalue weighted by atomic mass is 19.4. The molecule has 6 heteroatoms. The molecule has 1 aromatic rings. The van der Waals surface area contributed by atoms with E-state index in [4.69, 9.17) is 0 Å². The van der Waals surface area contributed by atoms with Gasteiger partial charge in [-0.25, -0.2) is 0 Å². The molecule has 1 atom stereocenters. The summed E-state index contributed by atoms with van der Waals surface area (Å²) in [5.74, 6) is -0.0541. The Balaban J connectivity index is 1.59. The van der Waals surface area contributed by atoms with Crippen molar-refractivity contribution in [2.75, 3.05) is 26.2 Å². The number of likely N-dealkylation sites (tertiary alicyclic amines) is 2. The van der Waals surface area contributed by atoms with Gasteiger partial charge in [-0.05, 0) is 62.5 Å². The molecule has 0 aliphatic carbocycles. The van der Waals surface area contributed by atoms with Crippen LogP contribution >= 0.6 is 0 Å². The van der Waals surface area contributed by atoms with E-state index in [2.05, 4.69) is 4.90 Å². The van der Waals surface area contributed by atoms with Crippen LogP contribution in [0.15, 0.2) is 30.3 Å². The SMILES string of the molecule is O=C(/C=C/c1ccc(C(F)(F)F)cc1)N1CCC[C@@H]1CN1CCCC1. The Labute approximate surface area is 146 Å². The summed E-state index contributed by atoms with van der Waals surface area (Å²) in [5, 5.41) is 0. The third-order valence-corrected chi connectivity index (χ3v) is 4.98. The monoisotopic (exact) mass is 352 g/mol. The van der Waals surface area contributed by atoms with Crippen molar-refractivity contribution >= 4 is 12.0 Å². The third-order valence-electron chi connectivity index (χ3n) is 4.98. The second-order valence-electron chi connectivity index (χ2n) is 6.79. The van der Waals surface area contributed by atoms with Crippen molar-refractivity contribution in [1.29, 1.82) is 0 Å². The Morgan fingerprint density at radius 3 is 2.40 bits per heavy atom. The molecule has 3 nitrogen and oxygen atoms in total. The first-order valence-corrected chi connectivity index (χ1v) is 8.82. The summed E-state index contributed by atoms with van der Waals surface area (Å²) < 4.78 is 37.7. The van der Waals surface area contributed by atoms with Crippen LogP contribution in [0.1, 0.15) is 36.8 Å². The van der Waals surface area contributed by atoms with Crippen molar-refractivity contribution in [1.82, 2.24) is 9.80 Å². The maximum atomic E-state index is 12.6. The van der Waals surface area contributed by atoms with Crippen LogP contribution in [-0.4, -0.2) is 47.9 Å². The Bertz CT molecular complexity index is 619. The molecule has 2 heterocycles. The lowest BCUT2D eigenvalue weighted by molar-refractivity contribution is -0.137. The van der Waals surface area contributed by atoms with Crippen LogP contribution in [0.25, 0.3) is 6.08 Å². The maximum absolute atomic E-state index is 12.6. The van der Waals surface area contributed by atoms with E-state index in [0.29, 0.717) is 5.56 Å². The quantitative estimate of drug-likeness (QED) is 0.770. The molecule has 0 N–H and O–H groups in total. The van der Waals surface area contributed by atoms with Gasteiger partial charge in [-0.3, -0.25) is 4.79 Å². The predicted octanol–water partition coefficient (Wildman–Crippen LogP) is 3.81. The summed E-state index contributed by atoms with van der Waals surface area (Å²) >= 11 is 0. The first-order valence-electron chi connectivity index (χ1n) is 8.82. The molecule has 136 valence electrons. The van der Waals surface area contributed by atoms with Crippen molar-refractivity contribution in [2.45, 2.75) is 37.9 Å². The molecule has 0 saturated carbocycles. The zero-order valence-corrected chi connectivity index (χ0v) is 14.1. The molecule has 25 heavy (non-hydrogen) atoms. The number of alkyl halides is 3. The van der Waals surface area contributed by atoms with Gasteiger partial charge in [-0.1, -0.05) is 12.1 Å². The van der Waals surface area contributed by atoms with Crippen molar-refractivity contribution < 1.29 is 18.0 Å². The standard InChI is InChI=1S/C19H23F3N2O/c20-19(21,22)16-8-5-15(6-9-16)7-10-18(25)24-13-3-4-17(24)14-23-11-1-2-12-23/h5-10,17H,1-4,11-14H2/b10-7+/t17-/m1/s1. The lowest BCUT2D eigenvalue weighted by atomic mass is 10.1. The molecule has 0 radical (unpaired) electrons. The van der Waals surface area contributed by atoms with Crippen molar-refractivity contribution in [3.63, 3.8) is 0 Å². The van der Waals surface area contributed by atoms with Crippen LogP contribution < -0.4 is 0 Å². The summed E-state index contributed by atoms with van der Waals surface area (Å²) in [5.41, 5.74) is -0.0853. The lowest BCUT2D eigenvalue weighted by Crippen LogP contribution is -2.41. The Kier molecular flexibility index (Phi) is 5.47. The smallest absolute Gasteiger partial charge is 0.335 e. The van der Waals surface area contributed by atoms with E-state index in [9.17, 15) is 18.0 Å². The van der Waals surface area contributed by atoms with Gasteiger partial charge in [0.15, 0.2) is 0 Å². The fourth-order valence-electron chi connectivity index (χ4n) is 3.63. The largest absolute Gasteiger partial charge is 0.416 e. The Morgan fingerprint density at radius 1 is 1.08 bits per heavy atom. The van der Waals surface area contributed by atoms with E-state index in [1.54, 1.807) is 6.08 Å². The number of rotatable bonds is 4. The minimum Gasteiger partial charge on any atom is -0.335 e. The van der Waals surface area contributed by atoms with E-state index >= 15 is 0 Å². The average Bonchev–Trinajstić information content (AvgIpc) is 3.24. The fourth-order valence-corrected chi connectivity index (χ4v) is 3.63. The lowest BCUT2D eigenvalue weighted by Gasteiger charge is -2.27. The highest BCUT2D eigenvalue weighted by Crippen LogP contribution is 2.29. The first-order chi connectivity index (χ1) is 11.9. The zero-order valence-electron chi connectivity index (χ0n) is 14.1. The molecule has 3 rings (SSSR count). The van der Waals surface area contributed by atoms with Gasteiger partial charge in [0.2, 0.25) is 5.91 Å². The van der Waals surface area contributed by atoms with Gasteiger partial charge in [-0.2, -0.15) is 13.2 Å². The summed E-state index contributed by atoms with van der Waals surface area (Å²) in [7, 11) is 0. The van der Waals surface area contributed by atoms with E-state index in [0.717, 1.165) is 51.2 Å². The van der Waals surface area contributed by atoms with Gasteiger partial charge < -0.3 is 9.80 Å². The molecule has 1 amide bonds. The number of amides is 1. The Morgan fingerprint density at radius 2 is 1.76 bits per heavy atom. The summed E-state index contributed by atoms with van der Waals surface area (Å²) in [6.07, 6.45) is 3.23. The number of benzene rings is 1. The second-order valence-corrected chi connectivity index (χ2v) is 6.79. The third kappa shape index (κ3) is 4.63. The molecule has 0 aromatic heterocycles. The number of halogens is 3. The molecule has 0 bridgehead atoms. The second kappa shape index (κ2) is 7.60. The van der Waals surface area contributed by atoms with Crippen LogP contribution in [0.2, 0.25) is 0 Å². The van der Waals surface area contributed by atoms with E-state index in [1.807, 2.05) is 4.90 Å². The summed E-state index contributed by atoms with van der Waals surface area (Å²) in [6, 6.07) is 5.10. The number of hydrogen-bond acceptors (Lipinski definition) is 2. The van der Waals surface area contributed by atoms with Gasteiger partial charge in [0, 0.05) is 25.2 Å². The molecule has 0 spiro atoms. The highest BCUT2D eigenvalue weighted by molar-refractivity contribution is 5.92. The van der Waals surface area contributed by atoms with E-state index < -0.39 is 11.7 Å². The Hall–Kier alpha value is -1.82. The minimum absolute atomic E-state index is 0.0541. The molecule has 0 unspecified atom stereocenters. The van der Waals surface area contributed by atoms with Crippen molar-refractivity contribution in [3.05, 3.63) is 41.5 Å². The maximum Gasteiger partial charge on any atom is 0.416 e. The van der Waals surface area contributed by atoms with Gasteiger partial charge in [0.1, 0.15) is 0 Å². The number of carbonyl (C=O) groups excluding carboxylic acids is 1.